The molecule has 0 aliphatic heterocycles. The van der Waals surface area contributed by atoms with E-state index in [9.17, 15) is 13.2 Å². The molecule has 0 saturated carbocycles. The quantitative estimate of drug-likeness (QED) is 0.626. The standard InChI is InChI=1S/C19H27N3O5S/c1-6-27-17-9-7-15(11-18(17)26-5)12-21(4)14-22-13-16(8-10-19(22)23)28(24,25)20(2)3/h7-11,13H,6,12,14H2,1-5H3. The number of pyridine rings is 1. The van der Waals surface area contributed by atoms with E-state index in [1.54, 1.807) is 7.11 Å². The number of ether oxygens (including phenoxy) is 2. The van der Waals surface area contributed by atoms with E-state index in [1.165, 1.54) is 37.0 Å². The number of methoxy groups -OCH3 is 1. The lowest BCUT2D eigenvalue weighted by Crippen LogP contribution is -2.30. The highest BCUT2D eigenvalue weighted by Crippen LogP contribution is 2.28. The van der Waals surface area contributed by atoms with Gasteiger partial charge in [0.1, 0.15) is 0 Å². The van der Waals surface area contributed by atoms with E-state index in [0.29, 0.717) is 24.7 Å². The van der Waals surface area contributed by atoms with Crippen molar-refractivity contribution in [2.24, 2.45) is 0 Å². The molecule has 0 amide bonds. The highest BCUT2D eigenvalue weighted by atomic mass is 32.2. The topological polar surface area (TPSA) is 81.1 Å². The molecular weight excluding hydrogens is 382 g/mol. The first-order valence-corrected chi connectivity index (χ1v) is 10.2. The molecule has 28 heavy (non-hydrogen) atoms. The number of aromatic nitrogens is 1. The lowest BCUT2D eigenvalue weighted by Gasteiger charge is -2.20. The number of nitrogens with zero attached hydrogens (tertiary/aromatic N) is 3. The molecule has 0 unspecified atom stereocenters. The van der Waals surface area contributed by atoms with Crippen LogP contribution in [-0.2, 0) is 23.2 Å². The molecule has 0 aliphatic carbocycles. The molecular formula is C19H27N3O5S. The molecule has 1 aromatic carbocycles. The van der Waals surface area contributed by atoms with Crippen molar-refractivity contribution in [1.82, 2.24) is 13.8 Å². The summed E-state index contributed by atoms with van der Waals surface area (Å²) in [4.78, 5) is 14.1. The van der Waals surface area contributed by atoms with Gasteiger partial charge in [-0.2, -0.15) is 0 Å². The fourth-order valence-corrected chi connectivity index (χ4v) is 3.61. The molecule has 0 atom stereocenters. The fourth-order valence-electron chi connectivity index (χ4n) is 2.69. The van der Waals surface area contributed by atoms with Crippen LogP contribution in [0.5, 0.6) is 11.5 Å². The number of rotatable bonds is 9. The molecule has 0 N–H and O–H groups in total. The molecule has 9 heteroatoms. The summed E-state index contributed by atoms with van der Waals surface area (Å²) in [7, 11) is 2.74. The molecule has 0 aliphatic rings. The van der Waals surface area contributed by atoms with Crippen LogP contribution in [0.4, 0.5) is 0 Å². The van der Waals surface area contributed by atoms with Gasteiger partial charge in [0.2, 0.25) is 10.0 Å². The average Bonchev–Trinajstić information content (AvgIpc) is 2.64. The van der Waals surface area contributed by atoms with Gasteiger partial charge in [-0.3, -0.25) is 9.69 Å². The average molecular weight is 410 g/mol. The second-order valence-corrected chi connectivity index (χ2v) is 8.69. The van der Waals surface area contributed by atoms with Gasteiger partial charge in [0.15, 0.2) is 11.5 Å². The highest BCUT2D eigenvalue weighted by molar-refractivity contribution is 7.89. The number of benzene rings is 1. The summed E-state index contributed by atoms with van der Waals surface area (Å²) < 4.78 is 38.0. The molecule has 0 radical (unpaired) electrons. The molecule has 0 fully saturated rings. The summed E-state index contributed by atoms with van der Waals surface area (Å²) in [5, 5.41) is 0. The maximum absolute atomic E-state index is 12.3. The van der Waals surface area contributed by atoms with Crippen molar-refractivity contribution >= 4 is 10.0 Å². The maximum Gasteiger partial charge on any atom is 0.251 e. The van der Waals surface area contributed by atoms with Crippen LogP contribution < -0.4 is 15.0 Å². The predicted molar refractivity (Wildman–Crippen MR) is 107 cm³/mol. The Bertz CT molecular complexity index is 970. The summed E-state index contributed by atoms with van der Waals surface area (Å²) in [6.45, 7) is 3.24. The van der Waals surface area contributed by atoms with Crippen molar-refractivity contribution in [3.63, 3.8) is 0 Å². The third-order valence-corrected chi connectivity index (χ3v) is 5.91. The van der Waals surface area contributed by atoms with Crippen molar-refractivity contribution < 1.29 is 17.9 Å². The van der Waals surface area contributed by atoms with E-state index < -0.39 is 10.0 Å². The van der Waals surface area contributed by atoms with Crippen molar-refractivity contribution in [3.05, 3.63) is 52.4 Å². The van der Waals surface area contributed by atoms with E-state index in [1.807, 2.05) is 37.1 Å². The van der Waals surface area contributed by atoms with E-state index >= 15 is 0 Å². The van der Waals surface area contributed by atoms with Crippen LogP contribution in [0.1, 0.15) is 12.5 Å². The summed E-state index contributed by atoms with van der Waals surface area (Å²) >= 11 is 0. The van der Waals surface area contributed by atoms with Gasteiger partial charge in [-0.15, -0.1) is 0 Å². The number of hydrogen-bond donors (Lipinski definition) is 0. The van der Waals surface area contributed by atoms with Gasteiger partial charge in [-0.05, 0) is 37.7 Å². The summed E-state index contributed by atoms with van der Waals surface area (Å²) in [6, 6.07) is 8.26. The zero-order valence-corrected chi connectivity index (χ0v) is 17.7. The van der Waals surface area contributed by atoms with E-state index in [-0.39, 0.29) is 17.1 Å². The Kier molecular flexibility index (Phi) is 7.22. The van der Waals surface area contributed by atoms with Crippen LogP contribution in [-0.4, -0.2) is 57.0 Å². The highest BCUT2D eigenvalue weighted by Gasteiger charge is 2.18. The second-order valence-electron chi connectivity index (χ2n) is 6.53. The molecule has 154 valence electrons. The third-order valence-electron chi connectivity index (χ3n) is 4.11. The monoisotopic (exact) mass is 409 g/mol. The molecule has 0 saturated heterocycles. The van der Waals surface area contributed by atoms with Gasteiger partial charge in [0.25, 0.3) is 5.56 Å². The zero-order chi connectivity index (χ0) is 20.9. The summed E-state index contributed by atoms with van der Waals surface area (Å²) in [5.41, 5.74) is 0.710. The Morgan fingerprint density at radius 1 is 1.07 bits per heavy atom. The second kappa shape index (κ2) is 9.22. The first-order chi connectivity index (χ1) is 13.2. The molecule has 1 heterocycles. The number of hydrogen-bond acceptors (Lipinski definition) is 6. The van der Waals surface area contributed by atoms with Crippen LogP contribution >= 0.6 is 0 Å². The van der Waals surface area contributed by atoms with Crippen molar-refractivity contribution in [2.75, 3.05) is 34.9 Å². The first kappa shape index (κ1) is 21.9. The minimum absolute atomic E-state index is 0.0771. The number of sulfonamides is 1. The largest absolute Gasteiger partial charge is 0.493 e. The van der Waals surface area contributed by atoms with Crippen molar-refractivity contribution in [1.29, 1.82) is 0 Å². The minimum atomic E-state index is -3.61. The van der Waals surface area contributed by atoms with Gasteiger partial charge in [0, 0.05) is 32.9 Å². The Labute approximate surface area is 166 Å². The van der Waals surface area contributed by atoms with Gasteiger partial charge in [-0.25, -0.2) is 12.7 Å². The normalized spacial score (nSPS) is 11.8. The Balaban J connectivity index is 2.19. The van der Waals surface area contributed by atoms with Gasteiger partial charge < -0.3 is 14.0 Å². The Morgan fingerprint density at radius 2 is 1.79 bits per heavy atom. The van der Waals surface area contributed by atoms with Crippen molar-refractivity contribution in [3.8, 4) is 11.5 Å². The van der Waals surface area contributed by atoms with Crippen LogP contribution in [0.25, 0.3) is 0 Å². The molecule has 8 nitrogen and oxygen atoms in total. The van der Waals surface area contributed by atoms with Gasteiger partial charge in [0.05, 0.1) is 25.3 Å². The summed E-state index contributed by atoms with van der Waals surface area (Å²) in [5.74, 6) is 1.32. The zero-order valence-electron chi connectivity index (χ0n) is 16.9. The van der Waals surface area contributed by atoms with Crippen LogP contribution in [0.2, 0.25) is 0 Å². The SMILES string of the molecule is CCOc1ccc(CN(C)Cn2cc(S(=O)(=O)N(C)C)ccc2=O)cc1OC. The fraction of sp³-hybridized carbons (Fsp3) is 0.421. The predicted octanol–water partition coefficient (Wildman–Crippen LogP) is 1.60. The maximum atomic E-state index is 12.3. The molecule has 0 bridgehead atoms. The Hall–Kier alpha value is -2.36. The molecule has 2 aromatic rings. The van der Waals surface area contributed by atoms with Gasteiger partial charge in [-0.1, -0.05) is 6.07 Å². The lowest BCUT2D eigenvalue weighted by atomic mass is 10.2. The molecule has 1 aromatic heterocycles. The first-order valence-electron chi connectivity index (χ1n) is 8.80. The van der Waals surface area contributed by atoms with E-state index in [2.05, 4.69) is 0 Å². The minimum Gasteiger partial charge on any atom is -0.493 e. The molecule has 0 spiro atoms. The molecule has 2 rings (SSSR count). The smallest absolute Gasteiger partial charge is 0.251 e. The third kappa shape index (κ3) is 5.12. The van der Waals surface area contributed by atoms with E-state index in [0.717, 1.165) is 9.87 Å². The van der Waals surface area contributed by atoms with Crippen LogP contribution in [0.3, 0.4) is 0 Å². The van der Waals surface area contributed by atoms with Crippen molar-refractivity contribution in [2.45, 2.75) is 25.0 Å². The Morgan fingerprint density at radius 3 is 2.39 bits per heavy atom. The summed E-state index contributed by atoms with van der Waals surface area (Å²) in [6.07, 6.45) is 1.37. The van der Waals surface area contributed by atoms with Gasteiger partial charge >= 0.3 is 0 Å². The van der Waals surface area contributed by atoms with Crippen LogP contribution in [0.15, 0.2) is 46.2 Å². The van der Waals surface area contributed by atoms with E-state index in [4.69, 9.17) is 9.47 Å². The lowest BCUT2D eigenvalue weighted by molar-refractivity contribution is 0.254. The van der Waals surface area contributed by atoms with Crippen LogP contribution in [0, 0.1) is 0 Å².